The molecule has 0 aliphatic heterocycles. The van der Waals surface area contributed by atoms with Gasteiger partial charge in [-0.15, -0.1) is 0 Å². The highest BCUT2D eigenvalue weighted by Gasteiger charge is 2.37. The van der Waals surface area contributed by atoms with Crippen LogP contribution in [0.5, 0.6) is 0 Å². The van der Waals surface area contributed by atoms with E-state index >= 15 is 0 Å². The molecule has 0 saturated heterocycles. The van der Waals surface area contributed by atoms with Crippen LogP contribution in [0.4, 0.5) is 0 Å². The van der Waals surface area contributed by atoms with Crippen molar-refractivity contribution in [2.45, 2.75) is 53.9 Å². The summed E-state index contributed by atoms with van der Waals surface area (Å²) in [6.07, 6.45) is 4.73. The summed E-state index contributed by atoms with van der Waals surface area (Å²) in [6, 6.07) is 0. The second-order valence-electron chi connectivity index (χ2n) is 6.76. The van der Waals surface area contributed by atoms with Gasteiger partial charge in [0.25, 0.3) is 0 Å². The predicted octanol–water partition coefficient (Wildman–Crippen LogP) is 2.94. The number of carbonyl (C=O) groups excluding carboxylic acids is 2. The first-order valence-electron chi connectivity index (χ1n) is 6.67. The van der Waals surface area contributed by atoms with Gasteiger partial charge in [0.15, 0.2) is 0 Å². The quantitative estimate of drug-likeness (QED) is 0.859. The lowest BCUT2D eigenvalue weighted by Gasteiger charge is -2.30. The highest BCUT2D eigenvalue weighted by molar-refractivity contribution is 5.93. The third kappa shape index (κ3) is 4.62. The van der Waals surface area contributed by atoms with E-state index in [1.165, 1.54) is 0 Å². The molecule has 106 valence electrons. The maximum absolute atomic E-state index is 12.3. The van der Waals surface area contributed by atoms with Gasteiger partial charge in [-0.3, -0.25) is 9.59 Å². The number of Topliss-reactive ketones (excluding diaryl/α,β-unsaturated/α-hetero) is 2. The molecule has 0 aromatic carbocycles. The topological polar surface area (TPSA) is 62.8 Å². The molecule has 1 N–H and O–H groups in total. The van der Waals surface area contributed by atoms with Gasteiger partial charge in [-0.2, -0.15) is 0 Å². The molecule has 0 atom stereocenters. The summed E-state index contributed by atoms with van der Waals surface area (Å²) in [5, 5.41) is 0. The van der Waals surface area contributed by atoms with Gasteiger partial charge in [0.2, 0.25) is 0 Å². The lowest BCUT2D eigenvalue weighted by Crippen LogP contribution is -2.36. The second kappa shape index (κ2) is 5.68. The van der Waals surface area contributed by atoms with Crippen molar-refractivity contribution in [3.05, 3.63) is 18.2 Å². The first-order chi connectivity index (χ1) is 8.63. The minimum Gasteiger partial charge on any atom is -0.348 e. The maximum Gasteiger partial charge on any atom is 0.144 e. The molecule has 0 amide bonds. The average molecular weight is 264 g/mol. The molecule has 1 heterocycles. The molecule has 0 spiro atoms. The normalized spacial score (nSPS) is 12.5. The third-order valence-corrected chi connectivity index (χ3v) is 3.16. The van der Waals surface area contributed by atoms with E-state index in [2.05, 4.69) is 9.97 Å². The van der Waals surface area contributed by atoms with E-state index in [1.807, 2.05) is 34.6 Å². The zero-order valence-corrected chi connectivity index (χ0v) is 12.5. The van der Waals surface area contributed by atoms with Crippen LogP contribution in [0.1, 0.15) is 53.2 Å². The smallest absolute Gasteiger partial charge is 0.144 e. The Bertz CT molecular complexity index is 439. The molecule has 1 aromatic heterocycles. The number of aromatic amines is 1. The van der Waals surface area contributed by atoms with E-state index in [1.54, 1.807) is 12.5 Å². The van der Waals surface area contributed by atoms with Crippen LogP contribution in [-0.2, 0) is 16.0 Å². The van der Waals surface area contributed by atoms with Crippen molar-refractivity contribution < 1.29 is 9.59 Å². The van der Waals surface area contributed by atoms with Crippen LogP contribution in [0.15, 0.2) is 12.5 Å². The second-order valence-corrected chi connectivity index (χ2v) is 6.76. The van der Waals surface area contributed by atoms with Crippen molar-refractivity contribution in [1.82, 2.24) is 9.97 Å². The monoisotopic (exact) mass is 264 g/mol. The highest BCUT2D eigenvalue weighted by atomic mass is 16.1. The van der Waals surface area contributed by atoms with Gasteiger partial charge in [-0.1, -0.05) is 34.6 Å². The lowest BCUT2D eigenvalue weighted by molar-refractivity contribution is -0.138. The van der Waals surface area contributed by atoms with Gasteiger partial charge in [0.1, 0.15) is 11.6 Å². The molecule has 0 bridgehead atoms. The van der Waals surface area contributed by atoms with Gasteiger partial charge >= 0.3 is 0 Å². The Morgan fingerprint density at radius 1 is 1.21 bits per heavy atom. The van der Waals surface area contributed by atoms with Crippen LogP contribution in [-0.4, -0.2) is 21.5 Å². The Balaban J connectivity index is 2.53. The fourth-order valence-electron chi connectivity index (χ4n) is 2.37. The fourth-order valence-corrected chi connectivity index (χ4v) is 2.37. The van der Waals surface area contributed by atoms with Gasteiger partial charge in [-0.25, -0.2) is 4.98 Å². The molecule has 19 heavy (non-hydrogen) atoms. The van der Waals surface area contributed by atoms with Crippen molar-refractivity contribution >= 4 is 11.6 Å². The SMILES string of the molecule is CC(C)(C)C(=O)C(C)(C)CC(=O)CCc1cnc[nH]1. The molecule has 0 radical (unpaired) electrons. The molecule has 1 aromatic rings. The van der Waals surface area contributed by atoms with Crippen molar-refractivity contribution in [2.75, 3.05) is 0 Å². The van der Waals surface area contributed by atoms with E-state index in [0.29, 0.717) is 19.3 Å². The molecule has 4 nitrogen and oxygen atoms in total. The summed E-state index contributed by atoms with van der Waals surface area (Å²) < 4.78 is 0. The molecule has 0 unspecified atom stereocenters. The summed E-state index contributed by atoms with van der Waals surface area (Å²) >= 11 is 0. The average Bonchev–Trinajstić information content (AvgIpc) is 2.76. The molecule has 0 saturated carbocycles. The molecule has 0 aliphatic carbocycles. The minimum atomic E-state index is -0.594. The van der Waals surface area contributed by atoms with Crippen molar-refractivity contribution in [3.63, 3.8) is 0 Å². The van der Waals surface area contributed by atoms with Crippen LogP contribution < -0.4 is 0 Å². The number of nitrogens with one attached hydrogen (secondary N) is 1. The zero-order chi connectivity index (χ0) is 14.7. The predicted molar refractivity (Wildman–Crippen MR) is 74.8 cm³/mol. The van der Waals surface area contributed by atoms with Crippen molar-refractivity contribution in [3.8, 4) is 0 Å². The standard InChI is InChI=1S/C15H24N2O2/c1-14(2,3)13(19)15(4,5)8-12(18)7-6-11-9-16-10-17-11/h9-10H,6-8H2,1-5H3,(H,16,17). The summed E-state index contributed by atoms with van der Waals surface area (Å²) in [7, 11) is 0. The number of hydrogen-bond acceptors (Lipinski definition) is 3. The molecule has 0 fully saturated rings. The van der Waals surface area contributed by atoms with Gasteiger partial charge in [0.05, 0.1) is 6.33 Å². The van der Waals surface area contributed by atoms with Gasteiger partial charge in [0, 0.05) is 35.6 Å². The molecular formula is C15H24N2O2. The Kier molecular flexibility index (Phi) is 4.66. The van der Waals surface area contributed by atoms with Crippen molar-refractivity contribution in [2.24, 2.45) is 10.8 Å². The number of rotatable bonds is 6. The molecule has 4 heteroatoms. The number of nitrogens with zero attached hydrogens (tertiary/aromatic N) is 1. The number of aryl methyl sites for hydroxylation is 1. The van der Waals surface area contributed by atoms with E-state index in [-0.39, 0.29) is 11.6 Å². The Morgan fingerprint density at radius 3 is 2.32 bits per heavy atom. The summed E-state index contributed by atoms with van der Waals surface area (Å²) in [5.41, 5.74) is -0.0514. The van der Waals surface area contributed by atoms with Crippen molar-refractivity contribution in [1.29, 1.82) is 0 Å². The Morgan fingerprint density at radius 2 is 1.84 bits per heavy atom. The van der Waals surface area contributed by atoms with Gasteiger partial charge in [-0.05, 0) is 6.42 Å². The Labute approximate surface area is 115 Å². The largest absolute Gasteiger partial charge is 0.348 e. The minimum absolute atomic E-state index is 0.122. The van der Waals surface area contributed by atoms with E-state index < -0.39 is 10.8 Å². The highest BCUT2D eigenvalue weighted by Crippen LogP contribution is 2.32. The van der Waals surface area contributed by atoms with Gasteiger partial charge < -0.3 is 4.98 Å². The summed E-state index contributed by atoms with van der Waals surface area (Å²) in [6.45, 7) is 9.40. The molecule has 1 rings (SSSR count). The number of hydrogen-bond donors (Lipinski definition) is 1. The maximum atomic E-state index is 12.3. The fraction of sp³-hybridized carbons (Fsp3) is 0.667. The van der Waals surface area contributed by atoms with Crippen LogP contribution in [0.25, 0.3) is 0 Å². The number of carbonyl (C=O) groups is 2. The lowest BCUT2D eigenvalue weighted by atomic mass is 9.72. The Hall–Kier alpha value is -1.45. The van der Waals surface area contributed by atoms with E-state index in [9.17, 15) is 9.59 Å². The number of ketones is 2. The molecular weight excluding hydrogens is 240 g/mol. The summed E-state index contributed by atoms with van der Waals surface area (Å²) in [5.74, 6) is 0.257. The number of aromatic nitrogens is 2. The first-order valence-corrected chi connectivity index (χ1v) is 6.67. The van der Waals surface area contributed by atoms with E-state index in [4.69, 9.17) is 0 Å². The zero-order valence-electron chi connectivity index (χ0n) is 12.5. The van der Waals surface area contributed by atoms with Crippen LogP contribution in [0.3, 0.4) is 0 Å². The third-order valence-electron chi connectivity index (χ3n) is 3.16. The van der Waals surface area contributed by atoms with Crippen LogP contribution in [0, 0.1) is 10.8 Å². The summed E-state index contributed by atoms with van der Waals surface area (Å²) in [4.78, 5) is 31.2. The number of H-pyrrole nitrogens is 1. The van der Waals surface area contributed by atoms with Crippen LogP contribution >= 0.6 is 0 Å². The molecule has 0 aliphatic rings. The first kappa shape index (κ1) is 15.6. The van der Waals surface area contributed by atoms with E-state index in [0.717, 1.165) is 5.69 Å². The number of imidazole rings is 1. The van der Waals surface area contributed by atoms with Crippen LogP contribution in [0.2, 0.25) is 0 Å².